The highest BCUT2D eigenvalue weighted by Crippen LogP contribution is 2.25. The summed E-state index contributed by atoms with van der Waals surface area (Å²) < 4.78 is 28.4. The molecule has 2 aromatic carbocycles. The standard InChI is InChI=1S/C17H19BrN2O2S/c1-12-6-7-17(15(18)10-12)23(21,22)20-11-16-14-5-3-2-4-13(14)8-9-19-16/h2-7,10,16,19-20H,8-9,11H2,1H3. The third-order valence-electron chi connectivity index (χ3n) is 4.07. The van der Waals surface area contributed by atoms with Crippen molar-refractivity contribution in [3.05, 3.63) is 63.6 Å². The zero-order valence-corrected chi connectivity index (χ0v) is 15.2. The van der Waals surface area contributed by atoms with Crippen LogP contribution in [0, 0.1) is 6.92 Å². The fraction of sp³-hybridized carbons (Fsp3) is 0.294. The quantitative estimate of drug-likeness (QED) is 0.837. The molecule has 2 aromatic rings. The van der Waals surface area contributed by atoms with Crippen LogP contribution in [0.1, 0.15) is 22.7 Å². The Morgan fingerprint density at radius 3 is 2.83 bits per heavy atom. The molecule has 122 valence electrons. The van der Waals surface area contributed by atoms with Crippen LogP contribution in [0.3, 0.4) is 0 Å². The van der Waals surface area contributed by atoms with Crippen molar-refractivity contribution in [2.24, 2.45) is 0 Å². The van der Waals surface area contributed by atoms with Gasteiger partial charge in [0.25, 0.3) is 0 Å². The number of halogens is 1. The number of hydrogen-bond acceptors (Lipinski definition) is 3. The first kappa shape index (κ1) is 16.6. The van der Waals surface area contributed by atoms with Crippen LogP contribution in [-0.2, 0) is 16.4 Å². The number of nitrogens with one attached hydrogen (secondary N) is 2. The Hall–Kier alpha value is -1.21. The molecule has 6 heteroatoms. The van der Waals surface area contributed by atoms with Crippen molar-refractivity contribution < 1.29 is 8.42 Å². The van der Waals surface area contributed by atoms with Crippen LogP contribution >= 0.6 is 15.9 Å². The lowest BCUT2D eigenvalue weighted by atomic mass is 9.95. The molecular weight excluding hydrogens is 376 g/mol. The van der Waals surface area contributed by atoms with Crippen LogP contribution in [0.2, 0.25) is 0 Å². The maximum atomic E-state index is 12.6. The van der Waals surface area contributed by atoms with Crippen molar-refractivity contribution in [2.75, 3.05) is 13.1 Å². The van der Waals surface area contributed by atoms with E-state index in [1.54, 1.807) is 12.1 Å². The maximum absolute atomic E-state index is 12.6. The Morgan fingerprint density at radius 1 is 1.26 bits per heavy atom. The Labute approximate surface area is 145 Å². The van der Waals surface area contributed by atoms with Crippen molar-refractivity contribution in [1.29, 1.82) is 0 Å². The SMILES string of the molecule is Cc1ccc(S(=O)(=O)NCC2NCCc3ccccc32)c(Br)c1. The Balaban J connectivity index is 1.78. The van der Waals surface area contributed by atoms with E-state index in [2.05, 4.69) is 38.1 Å². The Kier molecular flexibility index (Phi) is 4.87. The largest absolute Gasteiger partial charge is 0.308 e. The third-order valence-corrected chi connectivity index (χ3v) is 6.47. The molecule has 1 aliphatic heterocycles. The van der Waals surface area contributed by atoms with Crippen LogP contribution in [0.15, 0.2) is 51.8 Å². The van der Waals surface area contributed by atoms with Gasteiger partial charge in [-0.15, -0.1) is 0 Å². The smallest absolute Gasteiger partial charge is 0.241 e. The molecule has 0 spiro atoms. The van der Waals surface area contributed by atoms with Crippen molar-refractivity contribution in [1.82, 2.24) is 10.0 Å². The van der Waals surface area contributed by atoms with Gasteiger partial charge in [0.2, 0.25) is 10.0 Å². The van der Waals surface area contributed by atoms with E-state index in [0.717, 1.165) is 18.5 Å². The van der Waals surface area contributed by atoms with Crippen molar-refractivity contribution >= 4 is 26.0 Å². The number of benzene rings is 2. The van der Waals surface area contributed by atoms with E-state index >= 15 is 0 Å². The first-order valence-electron chi connectivity index (χ1n) is 7.54. The van der Waals surface area contributed by atoms with Gasteiger partial charge in [-0.05, 0) is 64.6 Å². The third kappa shape index (κ3) is 3.66. The van der Waals surface area contributed by atoms with Crippen LogP contribution < -0.4 is 10.0 Å². The first-order valence-corrected chi connectivity index (χ1v) is 9.82. The highest BCUT2D eigenvalue weighted by Gasteiger charge is 2.23. The number of hydrogen-bond donors (Lipinski definition) is 2. The van der Waals surface area contributed by atoms with E-state index < -0.39 is 10.0 Å². The lowest BCUT2D eigenvalue weighted by molar-refractivity contribution is 0.491. The van der Waals surface area contributed by atoms with Gasteiger partial charge in [-0.25, -0.2) is 13.1 Å². The first-order chi connectivity index (χ1) is 11.0. The van der Waals surface area contributed by atoms with Gasteiger partial charge in [0.05, 0.1) is 4.90 Å². The highest BCUT2D eigenvalue weighted by molar-refractivity contribution is 9.10. The number of rotatable bonds is 4. The van der Waals surface area contributed by atoms with Gasteiger partial charge in [-0.2, -0.15) is 0 Å². The monoisotopic (exact) mass is 394 g/mol. The van der Waals surface area contributed by atoms with Crippen molar-refractivity contribution in [3.8, 4) is 0 Å². The highest BCUT2D eigenvalue weighted by atomic mass is 79.9. The second-order valence-corrected chi connectivity index (χ2v) is 8.33. The molecule has 2 N–H and O–H groups in total. The fourth-order valence-corrected chi connectivity index (χ4v) is 5.11. The zero-order chi connectivity index (χ0) is 16.4. The van der Waals surface area contributed by atoms with Crippen molar-refractivity contribution in [2.45, 2.75) is 24.3 Å². The molecule has 0 aromatic heterocycles. The van der Waals surface area contributed by atoms with Gasteiger partial charge in [0, 0.05) is 17.1 Å². The van der Waals surface area contributed by atoms with Gasteiger partial charge in [0.1, 0.15) is 0 Å². The molecule has 3 rings (SSSR count). The Morgan fingerprint density at radius 2 is 2.04 bits per heavy atom. The minimum atomic E-state index is -3.55. The molecule has 0 bridgehead atoms. The molecule has 1 heterocycles. The van der Waals surface area contributed by atoms with E-state index in [-0.39, 0.29) is 10.9 Å². The second kappa shape index (κ2) is 6.73. The second-order valence-electron chi connectivity index (χ2n) is 5.74. The molecule has 4 nitrogen and oxygen atoms in total. The van der Waals surface area contributed by atoms with Crippen LogP contribution in [0.5, 0.6) is 0 Å². The molecule has 0 saturated carbocycles. The minimum absolute atomic E-state index is 0.000973. The van der Waals surface area contributed by atoms with Gasteiger partial charge in [-0.1, -0.05) is 30.3 Å². The summed E-state index contributed by atoms with van der Waals surface area (Å²) in [6.45, 7) is 3.12. The molecule has 0 fully saturated rings. The topological polar surface area (TPSA) is 58.2 Å². The van der Waals surface area contributed by atoms with Crippen LogP contribution in [0.4, 0.5) is 0 Å². The normalized spacial score (nSPS) is 17.7. The summed E-state index contributed by atoms with van der Waals surface area (Å²) in [5.74, 6) is 0. The summed E-state index contributed by atoms with van der Waals surface area (Å²) in [7, 11) is -3.55. The fourth-order valence-electron chi connectivity index (χ4n) is 2.87. The average Bonchev–Trinajstić information content (AvgIpc) is 2.52. The molecule has 0 aliphatic carbocycles. The lowest BCUT2D eigenvalue weighted by Crippen LogP contribution is -2.38. The summed E-state index contributed by atoms with van der Waals surface area (Å²) >= 11 is 3.34. The van der Waals surface area contributed by atoms with Crippen LogP contribution in [-0.4, -0.2) is 21.5 Å². The number of sulfonamides is 1. The molecule has 0 radical (unpaired) electrons. The van der Waals surface area contributed by atoms with E-state index in [4.69, 9.17) is 0 Å². The summed E-state index contributed by atoms with van der Waals surface area (Å²) in [6.07, 6.45) is 0.975. The zero-order valence-electron chi connectivity index (χ0n) is 12.8. The Bertz CT molecular complexity index is 821. The minimum Gasteiger partial charge on any atom is -0.308 e. The number of aryl methyl sites for hydroxylation is 1. The molecule has 0 amide bonds. The van der Waals surface area contributed by atoms with E-state index in [1.165, 1.54) is 11.1 Å². The van der Waals surface area contributed by atoms with Gasteiger partial charge >= 0.3 is 0 Å². The van der Waals surface area contributed by atoms with Gasteiger partial charge in [-0.3, -0.25) is 0 Å². The van der Waals surface area contributed by atoms with E-state index in [1.807, 2.05) is 25.1 Å². The van der Waals surface area contributed by atoms with Gasteiger partial charge in [0.15, 0.2) is 0 Å². The molecule has 1 unspecified atom stereocenters. The maximum Gasteiger partial charge on any atom is 0.241 e. The van der Waals surface area contributed by atoms with Crippen molar-refractivity contribution in [3.63, 3.8) is 0 Å². The molecule has 0 saturated heterocycles. The predicted octanol–water partition coefficient (Wildman–Crippen LogP) is 2.92. The average molecular weight is 395 g/mol. The summed E-state index contributed by atoms with van der Waals surface area (Å²) in [5, 5.41) is 3.38. The number of fused-ring (bicyclic) bond motifs is 1. The molecule has 1 atom stereocenters. The summed E-state index contributed by atoms with van der Waals surface area (Å²) in [6, 6.07) is 13.4. The van der Waals surface area contributed by atoms with E-state index in [0.29, 0.717) is 11.0 Å². The molecular formula is C17H19BrN2O2S. The molecule has 23 heavy (non-hydrogen) atoms. The van der Waals surface area contributed by atoms with Crippen LogP contribution in [0.25, 0.3) is 0 Å². The molecule has 1 aliphatic rings. The summed E-state index contributed by atoms with van der Waals surface area (Å²) in [5.41, 5.74) is 3.47. The summed E-state index contributed by atoms with van der Waals surface area (Å²) in [4.78, 5) is 0.271. The van der Waals surface area contributed by atoms with Gasteiger partial charge < -0.3 is 5.32 Å². The lowest BCUT2D eigenvalue weighted by Gasteiger charge is -2.27. The van der Waals surface area contributed by atoms with E-state index in [9.17, 15) is 8.42 Å². The predicted molar refractivity (Wildman–Crippen MR) is 95.0 cm³/mol.